The third kappa shape index (κ3) is 5.24. The molecule has 0 aliphatic heterocycles. The van der Waals surface area contributed by atoms with Gasteiger partial charge in [-0.25, -0.2) is 19.9 Å². The Morgan fingerprint density at radius 1 is 1.14 bits per heavy atom. The highest BCUT2D eigenvalue weighted by Crippen LogP contribution is 2.35. The standard InChI is InChI=1S/C22H21N5O8/c1-35-21(32)15(7-4-10-24-22(23)26-27(33)34)25-20(31)14-9-8-13-16(19(14)30)18(29)12-6-3-2-5-11(12)17(13)28/h2-3,5-6,8-9,15,30H,4,7,10H2,1H3,(H,25,31)(H3,23,24,26)/t15-/m0/s1. The summed E-state index contributed by atoms with van der Waals surface area (Å²) < 4.78 is 4.69. The van der Waals surface area contributed by atoms with Crippen LogP contribution in [-0.4, -0.2) is 59.2 Å². The van der Waals surface area contributed by atoms with Crippen molar-refractivity contribution in [1.29, 1.82) is 0 Å². The Morgan fingerprint density at radius 2 is 1.80 bits per heavy atom. The number of methoxy groups -OCH3 is 1. The van der Waals surface area contributed by atoms with Gasteiger partial charge in [-0.05, 0) is 25.0 Å². The maximum atomic E-state index is 12.9. The molecule has 0 unspecified atom stereocenters. The number of benzene rings is 2. The van der Waals surface area contributed by atoms with Crippen molar-refractivity contribution < 1.29 is 34.1 Å². The number of amides is 1. The molecule has 1 amide bonds. The summed E-state index contributed by atoms with van der Waals surface area (Å²) in [6.45, 7) is 0.0101. The van der Waals surface area contributed by atoms with Crippen molar-refractivity contribution in [3.63, 3.8) is 0 Å². The quantitative estimate of drug-likeness (QED) is 0.0862. The molecule has 0 saturated heterocycles. The Bertz CT molecular complexity index is 1260. The van der Waals surface area contributed by atoms with Gasteiger partial charge in [0.2, 0.25) is 0 Å². The van der Waals surface area contributed by atoms with Crippen LogP contribution in [0, 0.1) is 10.1 Å². The van der Waals surface area contributed by atoms with E-state index in [2.05, 4.69) is 10.3 Å². The minimum atomic E-state index is -1.15. The number of hydrogen-bond acceptors (Lipinski definition) is 9. The maximum Gasteiger partial charge on any atom is 0.328 e. The van der Waals surface area contributed by atoms with Crippen molar-refractivity contribution in [1.82, 2.24) is 10.7 Å². The van der Waals surface area contributed by atoms with Gasteiger partial charge < -0.3 is 20.9 Å². The van der Waals surface area contributed by atoms with Gasteiger partial charge in [0.15, 0.2) is 16.6 Å². The Balaban J connectivity index is 1.79. The van der Waals surface area contributed by atoms with Crippen LogP contribution in [0.4, 0.5) is 0 Å². The molecule has 1 aliphatic carbocycles. The fourth-order valence-corrected chi connectivity index (χ4v) is 3.60. The maximum absolute atomic E-state index is 12.9. The van der Waals surface area contributed by atoms with E-state index in [-0.39, 0.29) is 47.2 Å². The molecule has 2 aromatic rings. The highest BCUT2D eigenvalue weighted by atomic mass is 16.7. The molecule has 0 spiro atoms. The van der Waals surface area contributed by atoms with E-state index in [1.165, 1.54) is 24.3 Å². The number of rotatable bonds is 8. The fourth-order valence-electron chi connectivity index (χ4n) is 3.60. The second kappa shape index (κ2) is 10.4. The number of aliphatic imine (C=N–C) groups is 1. The molecule has 0 aromatic heterocycles. The van der Waals surface area contributed by atoms with E-state index in [1.54, 1.807) is 17.6 Å². The topological polar surface area (TPSA) is 203 Å². The molecule has 0 radical (unpaired) electrons. The second-order valence-corrected chi connectivity index (χ2v) is 7.42. The lowest BCUT2D eigenvalue weighted by Crippen LogP contribution is -2.42. The molecule has 13 heteroatoms. The first-order valence-electron chi connectivity index (χ1n) is 10.3. The number of fused-ring (bicyclic) bond motifs is 2. The number of phenolic OH excluding ortho intramolecular Hbond substituents is 1. The van der Waals surface area contributed by atoms with Crippen molar-refractivity contribution in [3.05, 3.63) is 74.3 Å². The Hall–Kier alpha value is -4.81. The molecule has 1 aliphatic rings. The number of hydrazine groups is 1. The number of ketones is 2. The van der Waals surface area contributed by atoms with Crippen LogP contribution < -0.4 is 16.5 Å². The van der Waals surface area contributed by atoms with Gasteiger partial charge in [-0.3, -0.25) is 14.4 Å². The lowest BCUT2D eigenvalue weighted by atomic mass is 9.82. The molecule has 1 atom stereocenters. The zero-order valence-electron chi connectivity index (χ0n) is 18.4. The molecular weight excluding hydrogens is 462 g/mol. The highest BCUT2D eigenvalue weighted by molar-refractivity contribution is 6.30. The summed E-state index contributed by atoms with van der Waals surface area (Å²) in [5.41, 5.74) is 6.65. The molecule has 35 heavy (non-hydrogen) atoms. The monoisotopic (exact) mass is 483 g/mol. The first kappa shape index (κ1) is 24.8. The fraction of sp³-hybridized carbons (Fsp3) is 0.227. The van der Waals surface area contributed by atoms with Crippen LogP contribution >= 0.6 is 0 Å². The Kier molecular flexibility index (Phi) is 7.39. The molecule has 0 fully saturated rings. The first-order valence-corrected chi connectivity index (χ1v) is 10.3. The zero-order valence-corrected chi connectivity index (χ0v) is 18.4. The predicted molar refractivity (Wildman–Crippen MR) is 121 cm³/mol. The number of nitrogens with one attached hydrogen (secondary N) is 2. The van der Waals surface area contributed by atoms with Gasteiger partial charge in [-0.2, -0.15) is 0 Å². The van der Waals surface area contributed by atoms with Crippen LogP contribution in [0.15, 0.2) is 41.4 Å². The number of aromatic hydroxyl groups is 1. The van der Waals surface area contributed by atoms with Gasteiger partial charge in [0, 0.05) is 23.2 Å². The summed E-state index contributed by atoms with van der Waals surface area (Å²) in [4.78, 5) is 64.7. The number of guanidine groups is 1. The third-order valence-electron chi connectivity index (χ3n) is 5.24. The van der Waals surface area contributed by atoms with Crippen molar-refractivity contribution >= 4 is 29.4 Å². The van der Waals surface area contributed by atoms with Gasteiger partial charge >= 0.3 is 5.97 Å². The second-order valence-electron chi connectivity index (χ2n) is 7.42. The lowest BCUT2D eigenvalue weighted by molar-refractivity contribution is -0.525. The SMILES string of the molecule is COC(=O)[C@H](CCCN=C(N)N[N+](=O)[O-])NC(=O)c1ccc2c(c1O)C(=O)c1ccccc1C2=O. The molecule has 0 saturated carbocycles. The normalized spacial score (nSPS) is 13.3. The zero-order chi connectivity index (χ0) is 25.7. The summed E-state index contributed by atoms with van der Waals surface area (Å²) in [6.07, 6.45) is 0.226. The summed E-state index contributed by atoms with van der Waals surface area (Å²) in [5, 5.41) is 22.6. The van der Waals surface area contributed by atoms with Crippen LogP contribution in [0.1, 0.15) is 55.0 Å². The number of phenols is 1. The number of nitrogens with two attached hydrogens (primary N) is 1. The van der Waals surface area contributed by atoms with Crippen molar-refractivity contribution in [2.75, 3.05) is 13.7 Å². The van der Waals surface area contributed by atoms with E-state index >= 15 is 0 Å². The minimum Gasteiger partial charge on any atom is -0.506 e. The number of hydrogen-bond donors (Lipinski definition) is 4. The number of carbonyl (C=O) groups is 4. The van der Waals surface area contributed by atoms with Gasteiger partial charge in [-0.15, -0.1) is 0 Å². The minimum absolute atomic E-state index is 0.0101. The Morgan fingerprint density at radius 3 is 2.43 bits per heavy atom. The van der Waals surface area contributed by atoms with Crippen LogP contribution in [0.2, 0.25) is 0 Å². The molecule has 13 nitrogen and oxygen atoms in total. The highest BCUT2D eigenvalue weighted by Gasteiger charge is 2.34. The lowest BCUT2D eigenvalue weighted by Gasteiger charge is -2.21. The summed E-state index contributed by atoms with van der Waals surface area (Å²) in [7, 11) is 1.12. The van der Waals surface area contributed by atoms with Gasteiger partial charge in [-0.1, -0.05) is 29.7 Å². The smallest absolute Gasteiger partial charge is 0.328 e. The van der Waals surface area contributed by atoms with Gasteiger partial charge in [0.25, 0.3) is 11.9 Å². The molecule has 5 N–H and O–H groups in total. The Labute approximate surface area is 198 Å². The average Bonchev–Trinajstić information content (AvgIpc) is 2.83. The van der Waals surface area contributed by atoms with Crippen molar-refractivity contribution in [3.8, 4) is 5.75 Å². The molecule has 3 rings (SSSR count). The largest absolute Gasteiger partial charge is 0.506 e. The van der Waals surface area contributed by atoms with Crippen LogP contribution in [0.5, 0.6) is 5.75 Å². The van der Waals surface area contributed by atoms with Gasteiger partial charge in [0.1, 0.15) is 11.8 Å². The molecular formula is C22H21N5O8. The summed E-state index contributed by atoms with van der Waals surface area (Å²) in [5.74, 6) is -3.83. The van der Waals surface area contributed by atoms with E-state index in [0.717, 1.165) is 7.11 Å². The van der Waals surface area contributed by atoms with Crippen LogP contribution in [-0.2, 0) is 9.53 Å². The first-order chi connectivity index (χ1) is 16.6. The number of carbonyl (C=O) groups excluding carboxylic acids is 4. The van der Waals surface area contributed by atoms with Crippen molar-refractivity contribution in [2.24, 2.45) is 10.7 Å². The molecule has 0 bridgehead atoms. The van der Waals surface area contributed by atoms with Crippen molar-refractivity contribution in [2.45, 2.75) is 18.9 Å². The summed E-state index contributed by atoms with van der Waals surface area (Å²) >= 11 is 0. The molecule has 0 heterocycles. The molecule has 182 valence electrons. The van der Waals surface area contributed by atoms with Crippen LogP contribution in [0.25, 0.3) is 0 Å². The predicted octanol–water partition coefficient (Wildman–Crippen LogP) is 0.315. The summed E-state index contributed by atoms with van der Waals surface area (Å²) in [6, 6.07) is 7.45. The van der Waals surface area contributed by atoms with E-state index < -0.39 is 46.2 Å². The third-order valence-corrected chi connectivity index (χ3v) is 5.24. The number of nitrogens with zero attached hydrogens (tertiary/aromatic N) is 2. The number of ether oxygens (including phenoxy) is 1. The van der Waals surface area contributed by atoms with E-state index in [1.807, 2.05) is 0 Å². The number of esters is 1. The van der Waals surface area contributed by atoms with Gasteiger partial charge in [0.05, 0.1) is 18.2 Å². The average molecular weight is 483 g/mol. The molecule has 2 aromatic carbocycles. The van der Waals surface area contributed by atoms with E-state index in [4.69, 9.17) is 10.5 Å². The van der Waals surface area contributed by atoms with E-state index in [9.17, 15) is 34.4 Å². The van der Waals surface area contributed by atoms with Crippen LogP contribution in [0.3, 0.4) is 0 Å². The van der Waals surface area contributed by atoms with E-state index in [0.29, 0.717) is 0 Å². The number of nitro groups is 1.